The van der Waals surface area contributed by atoms with E-state index >= 15 is 0 Å². The maximum Gasteiger partial charge on any atom is 0.407 e. The molecule has 0 aliphatic carbocycles. The van der Waals surface area contributed by atoms with Crippen LogP contribution in [0.5, 0.6) is 0 Å². The molecule has 0 aromatic heterocycles. The van der Waals surface area contributed by atoms with E-state index < -0.39 is 17.8 Å². The Hall–Kier alpha value is -1.99. The van der Waals surface area contributed by atoms with Crippen LogP contribution in [0.3, 0.4) is 0 Å². The fourth-order valence-corrected chi connectivity index (χ4v) is 2.02. The zero-order valence-corrected chi connectivity index (χ0v) is 16.2. The first-order valence-electron chi connectivity index (χ1n) is 8.70. The number of alkyl carbamates (subject to hydrolysis) is 2. The highest BCUT2D eigenvalue weighted by molar-refractivity contribution is 5.77. The number of ether oxygens (including phenoxy) is 2. The lowest BCUT2D eigenvalue weighted by molar-refractivity contribution is -0.121. The number of carbonyl (C=O) groups is 3. The number of hydrogen-bond acceptors (Lipinski definition) is 5. The topological polar surface area (TPSA) is 106 Å². The smallest absolute Gasteiger partial charge is 0.407 e. The SMILES string of the molecule is CCOC(=O)NC(CNC(=O)CCNC(=O)OC(C)(C)C)CC(C)C. The summed E-state index contributed by atoms with van der Waals surface area (Å²) in [5.41, 5.74) is -0.574. The van der Waals surface area contributed by atoms with Crippen LogP contribution in [0, 0.1) is 5.92 Å². The Bertz CT molecular complexity index is 432. The van der Waals surface area contributed by atoms with Gasteiger partial charge in [0.15, 0.2) is 0 Å². The lowest BCUT2D eigenvalue weighted by Gasteiger charge is -2.21. The van der Waals surface area contributed by atoms with Crippen molar-refractivity contribution < 1.29 is 23.9 Å². The molecular weight excluding hydrogens is 326 g/mol. The number of nitrogens with one attached hydrogen (secondary N) is 3. The first-order chi connectivity index (χ1) is 11.5. The molecule has 146 valence electrons. The Morgan fingerprint density at radius 1 is 1.04 bits per heavy atom. The highest BCUT2D eigenvalue weighted by Gasteiger charge is 2.17. The van der Waals surface area contributed by atoms with Crippen molar-refractivity contribution in [2.75, 3.05) is 19.7 Å². The van der Waals surface area contributed by atoms with E-state index in [1.165, 1.54) is 0 Å². The predicted molar refractivity (Wildman–Crippen MR) is 95.3 cm³/mol. The van der Waals surface area contributed by atoms with Gasteiger partial charge in [-0.3, -0.25) is 4.79 Å². The standard InChI is InChI=1S/C17H33N3O5/c1-7-24-16(23)20-13(10-12(2)3)11-19-14(21)8-9-18-15(22)25-17(4,5)6/h12-13H,7-11H2,1-6H3,(H,18,22)(H,19,21)(H,20,23). The molecule has 0 aromatic carbocycles. The van der Waals surface area contributed by atoms with Crippen LogP contribution in [0.15, 0.2) is 0 Å². The second-order valence-corrected chi connectivity index (χ2v) is 7.17. The van der Waals surface area contributed by atoms with Gasteiger partial charge in [0.25, 0.3) is 0 Å². The summed E-state index contributed by atoms with van der Waals surface area (Å²) in [6.45, 7) is 11.9. The van der Waals surface area contributed by atoms with Crippen molar-refractivity contribution >= 4 is 18.1 Å². The third-order valence-electron chi connectivity index (χ3n) is 2.92. The van der Waals surface area contributed by atoms with E-state index in [0.717, 1.165) is 6.42 Å². The van der Waals surface area contributed by atoms with Gasteiger partial charge >= 0.3 is 12.2 Å². The lowest BCUT2D eigenvalue weighted by atomic mass is 10.0. The van der Waals surface area contributed by atoms with E-state index in [0.29, 0.717) is 19.1 Å². The molecule has 0 aliphatic heterocycles. The van der Waals surface area contributed by atoms with E-state index in [-0.39, 0.29) is 24.9 Å². The second kappa shape index (κ2) is 11.5. The predicted octanol–water partition coefficient (Wildman–Crippen LogP) is 2.18. The van der Waals surface area contributed by atoms with Gasteiger partial charge < -0.3 is 25.4 Å². The third-order valence-corrected chi connectivity index (χ3v) is 2.92. The summed E-state index contributed by atoms with van der Waals surface area (Å²) in [4.78, 5) is 34.9. The van der Waals surface area contributed by atoms with Gasteiger partial charge in [0.1, 0.15) is 5.60 Å². The van der Waals surface area contributed by atoms with E-state index in [1.807, 2.05) is 13.8 Å². The number of amides is 3. The first-order valence-corrected chi connectivity index (χ1v) is 8.70. The summed E-state index contributed by atoms with van der Waals surface area (Å²) < 4.78 is 9.95. The van der Waals surface area contributed by atoms with Gasteiger partial charge in [-0.2, -0.15) is 0 Å². The quantitative estimate of drug-likeness (QED) is 0.585. The van der Waals surface area contributed by atoms with Gasteiger partial charge in [0, 0.05) is 25.6 Å². The van der Waals surface area contributed by atoms with Crippen LogP contribution in [0.1, 0.15) is 54.4 Å². The molecule has 0 saturated heterocycles. The van der Waals surface area contributed by atoms with E-state index in [4.69, 9.17) is 9.47 Å². The number of rotatable bonds is 9. The van der Waals surface area contributed by atoms with Crippen molar-refractivity contribution in [3.8, 4) is 0 Å². The molecule has 0 heterocycles. The minimum absolute atomic E-state index is 0.132. The molecule has 1 unspecified atom stereocenters. The van der Waals surface area contributed by atoms with Crippen LogP contribution in [-0.2, 0) is 14.3 Å². The normalized spacial score (nSPS) is 12.3. The van der Waals surface area contributed by atoms with E-state index in [9.17, 15) is 14.4 Å². The summed E-state index contributed by atoms with van der Waals surface area (Å²) in [5.74, 6) is 0.146. The van der Waals surface area contributed by atoms with Gasteiger partial charge in [-0.05, 0) is 40.0 Å². The summed E-state index contributed by atoms with van der Waals surface area (Å²) in [5, 5.41) is 8.02. The fourth-order valence-electron chi connectivity index (χ4n) is 2.02. The number of carbonyl (C=O) groups excluding carboxylic acids is 3. The maximum atomic E-state index is 11.9. The third kappa shape index (κ3) is 14.1. The van der Waals surface area contributed by atoms with Gasteiger partial charge in [0.2, 0.25) is 5.91 Å². The van der Waals surface area contributed by atoms with Crippen molar-refractivity contribution in [1.29, 1.82) is 0 Å². The van der Waals surface area contributed by atoms with Crippen LogP contribution in [-0.4, -0.2) is 49.4 Å². The molecule has 3 N–H and O–H groups in total. The van der Waals surface area contributed by atoms with Crippen LogP contribution >= 0.6 is 0 Å². The lowest BCUT2D eigenvalue weighted by Crippen LogP contribution is -2.45. The highest BCUT2D eigenvalue weighted by atomic mass is 16.6. The molecule has 8 heteroatoms. The largest absolute Gasteiger partial charge is 0.450 e. The molecule has 0 saturated carbocycles. The van der Waals surface area contributed by atoms with Crippen molar-refractivity contribution in [2.45, 2.75) is 66.0 Å². The monoisotopic (exact) mass is 359 g/mol. The summed E-state index contributed by atoms with van der Waals surface area (Å²) in [6, 6.07) is -0.207. The zero-order chi connectivity index (χ0) is 19.5. The van der Waals surface area contributed by atoms with Crippen LogP contribution < -0.4 is 16.0 Å². The molecule has 8 nitrogen and oxygen atoms in total. The van der Waals surface area contributed by atoms with Crippen LogP contribution in [0.4, 0.5) is 9.59 Å². The Balaban J connectivity index is 4.16. The molecule has 0 bridgehead atoms. The molecule has 0 fully saturated rings. The molecule has 3 amide bonds. The summed E-state index contributed by atoms with van der Waals surface area (Å²) in [6.07, 6.45) is -0.196. The van der Waals surface area contributed by atoms with Crippen molar-refractivity contribution in [2.24, 2.45) is 5.92 Å². The minimum atomic E-state index is -0.574. The molecule has 0 aromatic rings. The zero-order valence-electron chi connectivity index (χ0n) is 16.2. The second-order valence-electron chi connectivity index (χ2n) is 7.17. The van der Waals surface area contributed by atoms with Crippen molar-refractivity contribution in [1.82, 2.24) is 16.0 Å². The van der Waals surface area contributed by atoms with Crippen LogP contribution in [0.25, 0.3) is 0 Å². The molecule has 0 rings (SSSR count). The molecular formula is C17H33N3O5. The van der Waals surface area contributed by atoms with Gasteiger partial charge in [0.05, 0.1) is 6.61 Å². The van der Waals surface area contributed by atoms with E-state index in [1.54, 1.807) is 27.7 Å². The highest BCUT2D eigenvalue weighted by Crippen LogP contribution is 2.06. The molecule has 0 spiro atoms. The molecule has 1 atom stereocenters. The van der Waals surface area contributed by atoms with Crippen molar-refractivity contribution in [3.63, 3.8) is 0 Å². The average Bonchev–Trinajstić information content (AvgIpc) is 2.42. The maximum absolute atomic E-state index is 11.9. The Kier molecular flexibility index (Phi) is 10.6. The molecule has 0 aliphatic rings. The Morgan fingerprint density at radius 3 is 2.20 bits per heavy atom. The summed E-state index contributed by atoms with van der Waals surface area (Å²) in [7, 11) is 0. The van der Waals surface area contributed by atoms with Crippen LogP contribution in [0.2, 0.25) is 0 Å². The first kappa shape index (κ1) is 23.0. The minimum Gasteiger partial charge on any atom is -0.450 e. The van der Waals surface area contributed by atoms with Gasteiger partial charge in [-0.15, -0.1) is 0 Å². The average molecular weight is 359 g/mol. The van der Waals surface area contributed by atoms with Crippen molar-refractivity contribution in [3.05, 3.63) is 0 Å². The van der Waals surface area contributed by atoms with Gasteiger partial charge in [-0.1, -0.05) is 13.8 Å². The summed E-state index contributed by atoms with van der Waals surface area (Å²) >= 11 is 0. The van der Waals surface area contributed by atoms with Gasteiger partial charge in [-0.25, -0.2) is 9.59 Å². The Morgan fingerprint density at radius 2 is 1.68 bits per heavy atom. The fraction of sp³-hybridized carbons (Fsp3) is 0.824. The molecule has 25 heavy (non-hydrogen) atoms. The molecule has 0 radical (unpaired) electrons. The Labute approximate surface area is 150 Å². The number of hydrogen-bond donors (Lipinski definition) is 3. The van der Waals surface area contributed by atoms with E-state index in [2.05, 4.69) is 16.0 Å².